The summed E-state index contributed by atoms with van der Waals surface area (Å²) in [7, 11) is 1.53. The van der Waals surface area contributed by atoms with Crippen molar-refractivity contribution in [3.8, 4) is 11.5 Å². The molecule has 30 heavy (non-hydrogen) atoms. The van der Waals surface area contributed by atoms with Crippen molar-refractivity contribution in [2.75, 3.05) is 13.7 Å². The Labute approximate surface area is 177 Å². The van der Waals surface area contributed by atoms with Gasteiger partial charge in [0, 0.05) is 11.6 Å². The van der Waals surface area contributed by atoms with Gasteiger partial charge in [-0.2, -0.15) is 0 Å². The summed E-state index contributed by atoms with van der Waals surface area (Å²) < 4.78 is 16.2. The third-order valence-corrected chi connectivity index (χ3v) is 4.58. The Morgan fingerprint density at radius 2 is 2.03 bits per heavy atom. The van der Waals surface area contributed by atoms with E-state index < -0.39 is 10.9 Å². The van der Waals surface area contributed by atoms with Gasteiger partial charge in [-0.25, -0.2) is 9.79 Å². The number of hydrogen-bond acceptors (Lipinski definition) is 7. The number of carbonyl (C=O) groups excluding carboxylic acids is 1. The van der Waals surface area contributed by atoms with Gasteiger partial charge in [0.1, 0.15) is 5.02 Å². The summed E-state index contributed by atoms with van der Waals surface area (Å²) in [5, 5.41) is 11.1. The zero-order valence-electron chi connectivity index (χ0n) is 16.4. The Kier molecular flexibility index (Phi) is 6.68. The SMILES string of the molecule is CCCCOc1ccc(C=C2N=C(c3ccc(Cl)c([N+](=O)[O-])c3)OC2=O)cc1OC. The fourth-order valence-electron chi connectivity index (χ4n) is 2.70. The number of unbranched alkanes of at least 4 members (excludes halogenated alkanes) is 1. The fourth-order valence-corrected chi connectivity index (χ4v) is 2.88. The molecule has 1 aliphatic rings. The molecule has 1 aliphatic heterocycles. The van der Waals surface area contributed by atoms with Gasteiger partial charge >= 0.3 is 5.97 Å². The Hall–Kier alpha value is -3.39. The van der Waals surface area contributed by atoms with E-state index in [0.29, 0.717) is 23.7 Å². The second-order valence-corrected chi connectivity index (χ2v) is 6.78. The van der Waals surface area contributed by atoms with Gasteiger partial charge in [-0.15, -0.1) is 0 Å². The number of hydrogen-bond donors (Lipinski definition) is 0. The van der Waals surface area contributed by atoms with Crippen LogP contribution in [-0.2, 0) is 9.53 Å². The van der Waals surface area contributed by atoms with E-state index in [1.165, 1.54) is 31.4 Å². The lowest BCUT2D eigenvalue weighted by atomic mass is 10.1. The van der Waals surface area contributed by atoms with E-state index in [0.717, 1.165) is 12.8 Å². The van der Waals surface area contributed by atoms with Gasteiger partial charge in [-0.3, -0.25) is 10.1 Å². The number of methoxy groups -OCH3 is 1. The molecule has 0 saturated carbocycles. The zero-order chi connectivity index (χ0) is 21.7. The van der Waals surface area contributed by atoms with Gasteiger partial charge in [0.05, 0.1) is 18.6 Å². The highest BCUT2D eigenvalue weighted by Crippen LogP contribution is 2.31. The van der Waals surface area contributed by atoms with Gasteiger partial charge in [-0.1, -0.05) is 31.0 Å². The van der Waals surface area contributed by atoms with Gasteiger partial charge < -0.3 is 14.2 Å². The normalized spacial score (nSPS) is 14.4. The third-order valence-electron chi connectivity index (χ3n) is 4.26. The highest BCUT2D eigenvalue weighted by atomic mass is 35.5. The van der Waals surface area contributed by atoms with Crippen LogP contribution in [0, 0.1) is 10.1 Å². The van der Waals surface area contributed by atoms with Gasteiger partial charge in [0.25, 0.3) is 5.69 Å². The van der Waals surface area contributed by atoms with E-state index in [4.69, 9.17) is 25.8 Å². The summed E-state index contributed by atoms with van der Waals surface area (Å²) in [5.74, 6) is 0.450. The second-order valence-electron chi connectivity index (χ2n) is 6.37. The quantitative estimate of drug-likeness (QED) is 0.196. The molecule has 0 saturated heterocycles. The standard InChI is InChI=1S/C21H19ClN2O6/c1-3-4-9-29-18-8-5-13(11-19(18)28-2)10-16-21(25)30-20(23-16)14-6-7-15(22)17(12-14)24(26)27/h5-8,10-12H,3-4,9H2,1-2H3. The maximum atomic E-state index is 12.2. The first kappa shape index (κ1) is 21.3. The summed E-state index contributed by atoms with van der Waals surface area (Å²) in [5.41, 5.74) is 0.701. The highest BCUT2D eigenvalue weighted by molar-refractivity contribution is 6.32. The predicted molar refractivity (Wildman–Crippen MR) is 112 cm³/mol. The molecule has 0 bridgehead atoms. The van der Waals surface area contributed by atoms with Crippen LogP contribution < -0.4 is 9.47 Å². The van der Waals surface area contributed by atoms with Crippen molar-refractivity contribution in [1.82, 2.24) is 0 Å². The van der Waals surface area contributed by atoms with E-state index in [9.17, 15) is 14.9 Å². The molecule has 8 nitrogen and oxygen atoms in total. The Morgan fingerprint density at radius 3 is 2.73 bits per heavy atom. The van der Waals surface area contributed by atoms with Crippen molar-refractivity contribution in [1.29, 1.82) is 0 Å². The lowest BCUT2D eigenvalue weighted by molar-refractivity contribution is -0.384. The number of nitrogens with zero attached hydrogens (tertiary/aromatic N) is 2. The van der Waals surface area contributed by atoms with E-state index in [1.807, 2.05) is 0 Å². The van der Waals surface area contributed by atoms with Crippen LogP contribution in [0.4, 0.5) is 5.69 Å². The van der Waals surface area contributed by atoms with E-state index in [-0.39, 0.29) is 27.9 Å². The molecule has 0 unspecified atom stereocenters. The van der Waals surface area contributed by atoms with Crippen LogP contribution >= 0.6 is 11.6 Å². The molecule has 0 N–H and O–H groups in total. The first-order valence-corrected chi connectivity index (χ1v) is 9.58. The minimum atomic E-state index is -0.662. The molecule has 0 radical (unpaired) electrons. The number of nitro groups is 1. The number of rotatable bonds is 8. The molecule has 0 aliphatic carbocycles. The number of ether oxygens (including phenoxy) is 3. The molecule has 0 spiro atoms. The van der Waals surface area contributed by atoms with Gasteiger partial charge in [0.15, 0.2) is 17.2 Å². The van der Waals surface area contributed by atoms with Gasteiger partial charge in [-0.05, 0) is 42.3 Å². The molecule has 1 heterocycles. The number of aliphatic imine (C=N–C) groups is 1. The Bertz CT molecular complexity index is 1050. The van der Waals surface area contributed by atoms with Crippen LogP contribution in [0.25, 0.3) is 6.08 Å². The fraction of sp³-hybridized carbons (Fsp3) is 0.238. The molecule has 0 fully saturated rings. The summed E-state index contributed by atoms with van der Waals surface area (Å²) >= 11 is 5.82. The smallest absolute Gasteiger partial charge is 0.363 e. The third kappa shape index (κ3) is 4.77. The molecule has 2 aromatic rings. The number of cyclic esters (lactones) is 1. The second kappa shape index (κ2) is 9.41. The van der Waals surface area contributed by atoms with Gasteiger partial charge in [0.2, 0.25) is 5.90 Å². The van der Waals surface area contributed by atoms with Crippen molar-refractivity contribution in [2.24, 2.45) is 4.99 Å². The summed E-state index contributed by atoms with van der Waals surface area (Å²) in [4.78, 5) is 26.8. The van der Waals surface area contributed by atoms with E-state index >= 15 is 0 Å². The maximum absolute atomic E-state index is 12.2. The Balaban J connectivity index is 1.87. The molecular weight excluding hydrogens is 412 g/mol. The zero-order valence-corrected chi connectivity index (χ0v) is 17.1. The number of benzene rings is 2. The number of halogens is 1. The summed E-state index contributed by atoms with van der Waals surface area (Å²) in [6.07, 6.45) is 3.49. The molecule has 9 heteroatoms. The lowest BCUT2D eigenvalue weighted by Gasteiger charge is -2.10. The molecule has 0 aromatic heterocycles. The molecular formula is C21H19ClN2O6. The van der Waals surface area contributed by atoms with Crippen molar-refractivity contribution >= 4 is 35.2 Å². The first-order valence-electron chi connectivity index (χ1n) is 9.20. The molecule has 156 valence electrons. The van der Waals surface area contributed by atoms with E-state index in [1.54, 1.807) is 18.2 Å². The van der Waals surface area contributed by atoms with Crippen molar-refractivity contribution in [3.63, 3.8) is 0 Å². The number of carbonyl (C=O) groups is 1. The monoisotopic (exact) mass is 430 g/mol. The lowest BCUT2D eigenvalue weighted by Crippen LogP contribution is -2.06. The average molecular weight is 431 g/mol. The van der Waals surface area contributed by atoms with Crippen LogP contribution in [0.1, 0.15) is 30.9 Å². The van der Waals surface area contributed by atoms with Crippen molar-refractivity contribution < 1.29 is 23.9 Å². The largest absolute Gasteiger partial charge is 0.493 e. The van der Waals surface area contributed by atoms with E-state index in [2.05, 4.69) is 11.9 Å². The summed E-state index contributed by atoms with van der Waals surface area (Å²) in [6, 6.07) is 9.31. The maximum Gasteiger partial charge on any atom is 0.363 e. The minimum absolute atomic E-state index is 0.0159. The average Bonchev–Trinajstić information content (AvgIpc) is 3.09. The first-order chi connectivity index (χ1) is 14.4. The van der Waals surface area contributed by atoms with Crippen LogP contribution in [0.2, 0.25) is 5.02 Å². The molecule has 0 amide bonds. The van der Waals surface area contributed by atoms with Crippen LogP contribution in [0.15, 0.2) is 47.1 Å². The predicted octanol–water partition coefficient (Wildman–Crippen LogP) is 4.78. The van der Waals surface area contributed by atoms with Crippen molar-refractivity contribution in [2.45, 2.75) is 19.8 Å². The van der Waals surface area contributed by atoms with Crippen LogP contribution in [0.3, 0.4) is 0 Å². The molecule has 0 atom stereocenters. The molecule has 3 rings (SSSR count). The van der Waals surface area contributed by atoms with Crippen LogP contribution in [0.5, 0.6) is 11.5 Å². The number of nitro benzene ring substituents is 1. The topological polar surface area (TPSA) is 100 Å². The highest BCUT2D eigenvalue weighted by Gasteiger charge is 2.26. The van der Waals surface area contributed by atoms with Crippen molar-refractivity contribution in [3.05, 3.63) is 68.4 Å². The summed E-state index contributed by atoms with van der Waals surface area (Å²) in [6.45, 7) is 2.66. The number of esters is 1. The minimum Gasteiger partial charge on any atom is -0.493 e. The van der Waals surface area contributed by atoms with Crippen LogP contribution in [-0.4, -0.2) is 30.5 Å². The Morgan fingerprint density at radius 1 is 1.23 bits per heavy atom. The molecule has 2 aromatic carbocycles.